The molecule has 1 aromatic carbocycles. The second-order valence-corrected chi connectivity index (χ2v) is 7.03. The zero-order valence-corrected chi connectivity index (χ0v) is 12.6. The van der Waals surface area contributed by atoms with E-state index in [0.29, 0.717) is 23.2 Å². The van der Waals surface area contributed by atoms with Gasteiger partial charge in [0.1, 0.15) is 0 Å². The standard InChI is InChI=1S/C14H18N2O3S/c1-10(2)15-8-12-9-16-19-14(12)11-4-6-13(7-5-11)20(3,17)18/h4-7,9-10,15H,8H2,1-3H3. The number of nitrogens with one attached hydrogen (secondary N) is 1. The number of aromatic nitrogens is 1. The number of nitrogens with zero attached hydrogens (tertiary/aromatic N) is 1. The Balaban J connectivity index is 2.26. The second-order valence-electron chi connectivity index (χ2n) is 5.01. The highest BCUT2D eigenvalue weighted by atomic mass is 32.2. The van der Waals surface area contributed by atoms with Crippen LogP contribution in [0, 0.1) is 0 Å². The van der Waals surface area contributed by atoms with Crippen LogP contribution in [0.2, 0.25) is 0 Å². The number of hydrogen-bond donors (Lipinski definition) is 1. The van der Waals surface area contributed by atoms with Crippen molar-refractivity contribution in [3.63, 3.8) is 0 Å². The molecule has 1 heterocycles. The molecule has 0 unspecified atom stereocenters. The first kappa shape index (κ1) is 14.7. The second kappa shape index (κ2) is 5.76. The van der Waals surface area contributed by atoms with Crippen LogP contribution in [0.15, 0.2) is 39.9 Å². The monoisotopic (exact) mass is 294 g/mol. The highest BCUT2D eigenvalue weighted by Crippen LogP contribution is 2.25. The molecule has 1 N–H and O–H groups in total. The lowest BCUT2D eigenvalue weighted by Gasteiger charge is -2.07. The molecule has 2 rings (SSSR count). The first-order chi connectivity index (χ1) is 9.38. The smallest absolute Gasteiger partial charge is 0.175 e. The summed E-state index contributed by atoms with van der Waals surface area (Å²) in [6.45, 7) is 4.78. The first-order valence-corrected chi connectivity index (χ1v) is 8.24. The number of benzene rings is 1. The lowest BCUT2D eigenvalue weighted by Crippen LogP contribution is -2.21. The molecular weight excluding hydrogens is 276 g/mol. The van der Waals surface area contributed by atoms with Crippen LogP contribution in [0.4, 0.5) is 0 Å². The zero-order valence-electron chi connectivity index (χ0n) is 11.8. The van der Waals surface area contributed by atoms with Crippen molar-refractivity contribution in [2.45, 2.75) is 31.3 Å². The molecule has 0 fully saturated rings. The summed E-state index contributed by atoms with van der Waals surface area (Å²) in [4.78, 5) is 0.294. The molecule has 0 saturated heterocycles. The van der Waals surface area contributed by atoms with Crippen molar-refractivity contribution < 1.29 is 12.9 Å². The van der Waals surface area contributed by atoms with Crippen LogP contribution in [0.25, 0.3) is 11.3 Å². The Hall–Kier alpha value is -1.66. The van der Waals surface area contributed by atoms with Crippen LogP contribution in [0.3, 0.4) is 0 Å². The van der Waals surface area contributed by atoms with E-state index in [0.717, 1.165) is 11.1 Å². The van der Waals surface area contributed by atoms with Gasteiger partial charge in [0.15, 0.2) is 15.6 Å². The Morgan fingerprint density at radius 1 is 1.25 bits per heavy atom. The van der Waals surface area contributed by atoms with Gasteiger partial charge in [-0.05, 0) is 24.3 Å². The van der Waals surface area contributed by atoms with Crippen LogP contribution >= 0.6 is 0 Å². The van der Waals surface area contributed by atoms with Crippen molar-refractivity contribution >= 4 is 9.84 Å². The van der Waals surface area contributed by atoms with Crippen molar-refractivity contribution in [1.82, 2.24) is 10.5 Å². The van der Waals surface area contributed by atoms with Gasteiger partial charge in [0.2, 0.25) is 0 Å². The quantitative estimate of drug-likeness (QED) is 0.915. The Morgan fingerprint density at radius 2 is 1.90 bits per heavy atom. The molecule has 5 nitrogen and oxygen atoms in total. The molecule has 0 aliphatic rings. The highest BCUT2D eigenvalue weighted by Gasteiger charge is 2.12. The molecule has 0 aliphatic heterocycles. The van der Waals surface area contributed by atoms with E-state index in [9.17, 15) is 8.42 Å². The zero-order chi connectivity index (χ0) is 14.8. The maximum Gasteiger partial charge on any atom is 0.175 e. The van der Waals surface area contributed by atoms with Crippen molar-refractivity contribution in [2.75, 3.05) is 6.26 Å². The average molecular weight is 294 g/mol. The minimum absolute atomic E-state index is 0.294. The van der Waals surface area contributed by atoms with E-state index in [1.807, 2.05) is 0 Å². The Morgan fingerprint density at radius 3 is 2.45 bits per heavy atom. The van der Waals surface area contributed by atoms with Crippen molar-refractivity contribution in [3.8, 4) is 11.3 Å². The van der Waals surface area contributed by atoms with Gasteiger partial charge in [-0.3, -0.25) is 0 Å². The van der Waals surface area contributed by atoms with Gasteiger partial charge in [0.05, 0.1) is 11.1 Å². The summed E-state index contributed by atoms with van der Waals surface area (Å²) < 4.78 is 28.1. The molecule has 0 radical (unpaired) electrons. The first-order valence-electron chi connectivity index (χ1n) is 6.35. The van der Waals surface area contributed by atoms with Gasteiger partial charge in [0, 0.05) is 30.0 Å². The molecular formula is C14H18N2O3S. The SMILES string of the molecule is CC(C)NCc1cnoc1-c1ccc(S(C)(=O)=O)cc1. The van der Waals surface area contributed by atoms with Gasteiger partial charge in [-0.25, -0.2) is 8.42 Å². The summed E-state index contributed by atoms with van der Waals surface area (Å²) in [6, 6.07) is 6.98. The Labute approximate surface area is 118 Å². The summed E-state index contributed by atoms with van der Waals surface area (Å²) in [5.74, 6) is 0.665. The summed E-state index contributed by atoms with van der Waals surface area (Å²) in [5.41, 5.74) is 1.77. The maximum atomic E-state index is 11.4. The molecule has 6 heteroatoms. The normalized spacial score (nSPS) is 12.0. The van der Waals surface area contributed by atoms with Gasteiger partial charge < -0.3 is 9.84 Å². The molecule has 1 aromatic heterocycles. The van der Waals surface area contributed by atoms with Gasteiger partial charge >= 0.3 is 0 Å². The molecule has 2 aromatic rings. The number of sulfone groups is 1. The van der Waals surface area contributed by atoms with Gasteiger partial charge in [-0.2, -0.15) is 0 Å². The number of hydrogen-bond acceptors (Lipinski definition) is 5. The highest BCUT2D eigenvalue weighted by molar-refractivity contribution is 7.90. The van der Waals surface area contributed by atoms with E-state index in [4.69, 9.17) is 4.52 Å². The van der Waals surface area contributed by atoms with Crippen LogP contribution in [-0.2, 0) is 16.4 Å². The van der Waals surface area contributed by atoms with Crippen LogP contribution in [0.5, 0.6) is 0 Å². The van der Waals surface area contributed by atoms with E-state index < -0.39 is 9.84 Å². The number of rotatable bonds is 5. The van der Waals surface area contributed by atoms with Crippen molar-refractivity contribution in [1.29, 1.82) is 0 Å². The Bertz CT molecular complexity index is 673. The lowest BCUT2D eigenvalue weighted by atomic mass is 10.1. The van der Waals surface area contributed by atoms with E-state index in [1.165, 1.54) is 6.26 Å². The van der Waals surface area contributed by atoms with Gasteiger partial charge in [-0.15, -0.1) is 0 Å². The fourth-order valence-corrected chi connectivity index (χ4v) is 2.42. The minimum Gasteiger partial charge on any atom is -0.356 e. The topological polar surface area (TPSA) is 72.2 Å². The molecule has 20 heavy (non-hydrogen) atoms. The summed E-state index contributed by atoms with van der Waals surface area (Å²) in [7, 11) is -3.18. The lowest BCUT2D eigenvalue weighted by molar-refractivity contribution is 0.431. The molecule has 0 atom stereocenters. The molecule has 0 saturated carbocycles. The van der Waals surface area contributed by atoms with E-state index in [2.05, 4.69) is 24.3 Å². The van der Waals surface area contributed by atoms with Crippen molar-refractivity contribution in [2.24, 2.45) is 0 Å². The van der Waals surface area contributed by atoms with Crippen LogP contribution < -0.4 is 5.32 Å². The maximum absolute atomic E-state index is 11.4. The van der Waals surface area contributed by atoms with Crippen LogP contribution in [-0.4, -0.2) is 25.9 Å². The molecule has 108 valence electrons. The van der Waals surface area contributed by atoms with E-state index >= 15 is 0 Å². The minimum atomic E-state index is -3.18. The average Bonchev–Trinajstić information content (AvgIpc) is 2.83. The van der Waals surface area contributed by atoms with Crippen molar-refractivity contribution in [3.05, 3.63) is 36.0 Å². The molecule has 0 amide bonds. The summed E-state index contributed by atoms with van der Waals surface area (Å²) in [6.07, 6.45) is 2.86. The third-order valence-electron chi connectivity index (χ3n) is 2.89. The summed E-state index contributed by atoms with van der Waals surface area (Å²) in [5, 5.41) is 7.11. The summed E-state index contributed by atoms with van der Waals surface area (Å²) >= 11 is 0. The predicted octanol–water partition coefficient (Wildman–Crippen LogP) is 2.24. The van der Waals surface area contributed by atoms with Gasteiger partial charge in [0.25, 0.3) is 0 Å². The molecule has 0 aliphatic carbocycles. The third kappa shape index (κ3) is 3.46. The third-order valence-corrected chi connectivity index (χ3v) is 4.02. The molecule has 0 spiro atoms. The fraction of sp³-hybridized carbons (Fsp3) is 0.357. The largest absolute Gasteiger partial charge is 0.356 e. The van der Waals surface area contributed by atoms with Gasteiger partial charge in [-0.1, -0.05) is 19.0 Å². The fourth-order valence-electron chi connectivity index (χ4n) is 1.79. The molecule has 0 bridgehead atoms. The van der Waals surface area contributed by atoms with E-state index in [-0.39, 0.29) is 0 Å². The Kier molecular flexibility index (Phi) is 4.25. The predicted molar refractivity (Wildman–Crippen MR) is 77.0 cm³/mol. The van der Waals surface area contributed by atoms with E-state index in [1.54, 1.807) is 30.5 Å². The van der Waals surface area contributed by atoms with Crippen LogP contribution in [0.1, 0.15) is 19.4 Å².